The van der Waals surface area contributed by atoms with E-state index >= 15 is 0 Å². The van der Waals surface area contributed by atoms with Crippen molar-refractivity contribution in [2.24, 2.45) is 0 Å². The molecule has 0 nitrogen and oxygen atoms in total. The summed E-state index contributed by atoms with van der Waals surface area (Å²) in [6.07, 6.45) is 0. The lowest BCUT2D eigenvalue weighted by atomic mass is 10.8. The van der Waals surface area contributed by atoms with E-state index in [1.54, 1.807) is 0 Å². The van der Waals surface area contributed by atoms with Crippen LogP contribution >= 0.6 is 31.3 Å². The topological polar surface area (TPSA) is 0 Å². The Kier molecular flexibility index (Phi) is 6.19. The second-order valence-corrected chi connectivity index (χ2v) is 7.42. The third-order valence-corrected chi connectivity index (χ3v) is 5.78. The molecule has 0 aliphatic heterocycles. The molecule has 34 valence electrons. The van der Waals surface area contributed by atoms with Gasteiger partial charge in [0.2, 0.25) is 0 Å². The first kappa shape index (κ1) is 7.68. The third-order valence-electron chi connectivity index (χ3n) is 0.0975. The van der Waals surface area contributed by atoms with Crippen molar-refractivity contribution in [2.45, 2.75) is 0 Å². The van der Waals surface area contributed by atoms with Crippen molar-refractivity contribution in [1.82, 2.24) is 0 Å². The van der Waals surface area contributed by atoms with E-state index in [4.69, 9.17) is 7.12 Å². The van der Waals surface area contributed by atoms with Crippen molar-refractivity contribution in [3.05, 3.63) is 0 Å². The third kappa shape index (κ3) is 5.68. The van der Waals surface area contributed by atoms with Crippen LogP contribution in [0.25, 0.3) is 0 Å². The van der Waals surface area contributed by atoms with Crippen LogP contribution in [0.1, 0.15) is 0 Å². The number of thiol groups is 1. The first-order valence-corrected chi connectivity index (χ1v) is 6.85. The zero-order valence-electron chi connectivity index (χ0n) is 2.66. The van der Waals surface area contributed by atoms with E-state index in [-0.39, 0.29) is 0 Å². The number of hydrogen-bond donors (Lipinski definition) is 1. The Morgan fingerprint density at radius 1 is 1.83 bits per heavy atom. The fraction of sp³-hybridized carbons (Fsp3) is 0. The molecule has 0 saturated carbocycles. The number of rotatable bonds is 2. The van der Waals surface area contributed by atoms with Crippen LogP contribution in [-0.4, -0.2) is 7.12 Å². The van der Waals surface area contributed by atoms with Gasteiger partial charge in [-0.25, -0.2) is 0 Å². The Balaban J connectivity index is 2.83. The van der Waals surface area contributed by atoms with Gasteiger partial charge in [0.25, 0.3) is 0 Å². The van der Waals surface area contributed by atoms with Crippen molar-refractivity contribution in [2.75, 3.05) is 0 Å². The molecular weight excluding hydrogens is 171 g/mol. The summed E-state index contributed by atoms with van der Waals surface area (Å²) in [6.45, 7) is 0. The van der Waals surface area contributed by atoms with Crippen molar-refractivity contribution < 1.29 is 0 Å². The summed E-state index contributed by atoms with van der Waals surface area (Å²) in [5.74, 6) is 0. The summed E-state index contributed by atoms with van der Waals surface area (Å²) in [6, 6.07) is 0. The molecule has 0 heterocycles. The van der Waals surface area contributed by atoms with Gasteiger partial charge in [0, 0.05) is 0 Å². The van der Waals surface area contributed by atoms with Gasteiger partial charge in [0.1, 0.15) is 0 Å². The van der Waals surface area contributed by atoms with Gasteiger partial charge in [-0.3, -0.25) is 0 Å². The Morgan fingerprint density at radius 2 is 2.33 bits per heavy atom. The first-order valence-electron chi connectivity index (χ1n) is 0.918. The van der Waals surface area contributed by atoms with Gasteiger partial charge in [0.05, 0.1) is 0 Å². The lowest BCUT2D eigenvalue weighted by molar-refractivity contribution is 5.11. The molecule has 2 radical (unpaired) electrons. The molecule has 0 fully saturated rings. The number of hydrogen-bond acceptors (Lipinski definition) is 4. The van der Waals surface area contributed by atoms with E-state index in [1.807, 2.05) is 0 Å². The molecule has 0 aromatic rings. The van der Waals surface area contributed by atoms with Gasteiger partial charge in [-0.2, -0.15) is 0 Å². The summed E-state index contributed by atoms with van der Waals surface area (Å²) >= 11 is 8.38. The lowest BCUT2D eigenvalue weighted by Gasteiger charge is -1.85. The zero-order chi connectivity index (χ0) is 4.99. The van der Waals surface area contributed by atoms with Gasteiger partial charge in [-0.1, -0.05) is 22.8 Å². The summed E-state index contributed by atoms with van der Waals surface area (Å²) in [5, 5.41) is 0. The molecule has 6 heavy (non-hydrogen) atoms. The van der Waals surface area contributed by atoms with Crippen molar-refractivity contribution in [3.8, 4) is 0 Å². The monoisotopic (exact) mass is 172 g/mol. The minimum absolute atomic E-state index is 0.429. The molecule has 0 amide bonds. The van der Waals surface area contributed by atoms with Crippen molar-refractivity contribution in [1.29, 1.82) is 0 Å². The molecule has 6 heteroatoms. The van der Waals surface area contributed by atoms with Crippen LogP contribution in [0.2, 0.25) is 0 Å². The van der Waals surface area contributed by atoms with Crippen molar-refractivity contribution >= 4 is 58.0 Å². The fourth-order valence-electron chi connectivity index (χ4n) is 0.0300. The molecule has 1 atom stereocenters. The summed E-state index contributed by atoms with van der Waals surface area (Å²) in [4.78, 5) is 0. The van der Waals surface area contributed by atoms with Gasteiger partial charge in [-0.15, -0.1) is 8.34 Å². The predicted octanol–water partition coefficient (Wildman–Crippen LogP) is 1.29. The van der Waals surface area contributed by atoms with Gasteiger partial charge in [0.15, 0.2) is 7.12 Å². The Bertz CT molecular complexity index is 47.9. The molecule has 1 unspecified atom stereocenters. The average Bonchev–Trinajstić information content (AvgIpc) is 1.35. The normalized spacial score (nSPS) is 14.2. The minimum Gasteiger partial charge on any atom is -0.111 e. The second kappa shape index (κ2) is 4.83. The summed E-state index contributed by atoms with van der Waals surface area (Å²) < 4.78 is 0. The largest absolute Gasteiger partial charge is 0.186 e. The van der Waals surface area contributed by atoms with Crippen LogP contribution in [0.4, 0.5) is 0 Å². The Hall–Kier alpha value is 1.68. The van der Waals surface area contributed by atoms with E-state index in [1.165, 1.54) is 19.7 Å². The quantitative estimate of drug-likeness (QED) is 0.379. The highest BCUT2D eigenvalue weighted by atomic mass is 33.7. The molecule has 0 N–H and O–H groups in total. The summed E-state index contributed by atoms with van der Waals surface area (Å²) in [5.41, 5.74) is 0. The lowest BCUT2D eigenvalue weighted by Crippen LogP contribution is -1.65. The fourth-order valence-corrected chi connectivity index (χ4v) is 4.44. The maximum absolute atomic E-state index is 5.14. The second-order valence-electron chi connectivity index (χ2n) is 0.403. The van der Waals surface area contributed by atoms with Crippen LogP contribution in [0, 0.1) is 0 Å². The molecule has 0 rings (SSSR count). The Morgan fingerprint density at radius 3 is 2.33 bits per heavy atom. The van der Waals surface area contributed by atoms with Crippen LogP contribution in [0.5, 0.6) is 0 Å². The van der Waals surface area contributed by atoms with E-state index in [0.717, 1.165) is 0 Å². The molecule has 0 aliphatic rings. The minimum atomic E-state index is -0.429. The molecule has 0 spiro atoms. The van der Waals surface area contributed by atoms with Crippen LogP contribution in [0.15, 0.2) is 0 Å². The highest BCUT2D eigenvalue weighted by molar-refractivity contribution is 9.27. The molecular formula is HBS5. The maximum Gasteiger partial charge on any atom is 0.186 e. The molecule has 0 aliphatic carbocycles. The standard InChI is InChI=1S/BHS5/c1-6(3)5-4-2/h2H. The van der Waals surface area contributed by atoms with Crippen LogP contribution < -0.4 is 0 Å². The highest BCUT2D eigenvalue weighted by Crippen LogP contribution is 2.26. The Labute approximate surface area is 57.7 Å². The van der Waals surface area contributed by atoms with Crippen LogP contribution in [0.3, 0.4) is 0 Å². The van der Waals surface area contributed by atoms with Gasteiger partial charge < -0.3 is 0 Å². The SMILES string of the molecule is [B]S(=S)SSS. The van der Waals surface area contributed by atoms with E-state index < -0.39 is 8.34 Å². The maximum atomic E-state index is 5.14. The smallest absolute Gasteiger partial charge is 0.111 e. The molecule has 0 aromatic carbocycles. The van der Waals surface area contributed by atoms with E-state index in [9.17, 15) is 0 Å². The predicted molar refractivity (Wildman–Crippen MR) is 44.7 cm³/mol. The average molecular weight is 172 g/mol. The summed E-state index contributed by atoms with van der Waals surface area (Å²) in [7, 11) is 7.40. The zero-order valence-corrected chi connectivity index (χ0v) is 6.82. The molecule has 0 saturated heterocycles. The van der Waals surface area contributed by atoms with E-state index in [0.29, 0.717) is 0 Å². The van der Waals surface area contributed by atoms with Crippen molar-refractivity contribution in [3.63, 3.8) is 0 Å². The molecule has 0 aromatic heterocycles. The molecule has 0 bridgehead atoms. The van der Waals surface area contributed by atoms with Gasteiger partial charge in [-0.05, 0) is 19.7 Å². The van der Waals surface area contributed by atoms with Crippen LogP contribution in [-0.2, 0) is 19.5 Å². The van der Waals surface area contributed by atoms with E-state index in [2.05, 4.69) is 22.8 Å². The van der Waals surface area contributed by atoms with Gasteiger partial charge >= 0.3 is 0 Å². The first-order chi connectivity index (χ1) is 2.77. The highest BCUT2D eigenvalue weighted by Gasteiger charge is 1.78.